The van der Waals surface area contributed by atoms with E-state index in [9.17, 15) is 4.79 Å². The van der Waals surface area contributed by atoms with E-state index in [1.807, 2.05) is 6.92 Å². The van der Waals surface area contributed by atoms with E-state index in [1.54, 1.807) is 24.1 Å². The summed E-state index contributed by atoms with van der Waals surface area (Å²) in [5.41, 5.74) is -0.0770. The molecule has 1 rings (SSSR count). The van der Waals surface area contributed by atoms with Gasteiger partial charge in [0.15, 0.2) is 5.82 Å². The van der Waals surface area contributed by atoms with Crippen molar-refractivity contribution >= 4 is 5.82 Å². The van der Waals surface area contributed by atoms with E-state index in [2.05, 4.69) is 15.6 Å². The predicted molar refractivity (Wildman–Crippen MR) is 67.4 cm³/mol. The minimum absolute atomic E-state index is 0.0770. The number of hydrogen-bond acceptors (Lipinski definition) is 5. The number of ether oxygens (including phenoxy) is 1. The van der Waals surface area contributed by atoms with Crippen molar-refractivity contribution in [1.29, 1.82) is 0 Å². The first kappa shape index (κ1) is 13.7. The fourth-order valence-corrected chi connectivity index (χ4v) is 1.39. The standard InChI is InChI=1S/C11H20N4O2/c1-3-15-8-6-14-10(11(15)16)13-5-4-12-7-9-17-2/h6,8,12H,3-5,7,9H2,1-2H3,(H,13,14). The summed E-state index contributed by atoms with van der Waals surface area (Å²) in [5.74, 6) is 0.405. The number of nitrogens with zero attached hydrogens (tertiary/aromatic N) is 2. The van der Waals surface area contributed by atoms with Gasteiger partial charge < -0.3 is 19.9 Å². The molecule has 0 atom stereocenters. The van der Waals surface area contributed by atoms with Gasteiger partial charge in [0.05, 0.1) is 6.61 Å². The lowest BCUT2D eigenvalue weighted by atomic mass is 10.5. The summed E-state index contributed by atoms with van der Waals surface area (Å²) >= 11 is 0. The maximum atomic E-state index is 11.8. The van der Waals surface area contributed by atoms with Gasteiger partial charge in [0.2, 0.25) is 0 Å². The number of hydrogen-bond donors (Lipinski definition) is 2. The Morgan fingerprint density at radius 3 is 2.94 bits per heavy atom. The molecule has 1 aromatic rings. The molecule has 1 heterocycles. The maximum absolute atomic E-state index is 11.8. The zero-order chi connectivity index (χ0) is 12.5. The third-order valence-corrected chi connectivity index (χ3v) is 2.33. The molecule has 0 aliphatic carbocycles. The van der Waals surface area contributed by atoms with Gasteiger partial charge in [-0.05, 0) is 6.92 Å². The van der Waals surface area contributed by atoms with E-state index in [0.717, 1.165) is 13.1 Å². The summed E-state index contributed by atoms with van der Waals surface area (Å²) in [7, 11) is 1.67. The highest BCUT2D eigenvalue weighted by atomic mass is 16.5. The van der Waals surface area contributed by atoms with E-state index >= 15 is 0 Å². The van der Waals surface area contributed by atoms with Crippen molar-refractivity contribution in [2.24, 2.45) is 0 Å². The summed E-state index contributed by atoms with van der Waals surface area (Å²) < 4.78 is 6.53. The van der Waals surface area contributed by atoms with Crippen molar-refractivity contribution < 1.29 is 4.74 Å². The third kappa shape index (κ3) is 4.54. The van der Waals surface area contributed by atoms with Crippen molar-refractivity contribution in [3.63, 3.8) is 0 Å². The van der Waals surface area contributed by atoms with Gasteiger partial charge in [0.1, 0.15) is 0 Å². The normalized spacial score (nSPS) is 10.5. The molecule has 0 amide bonds. The summed E-state index contributed by atoms with van der Waals surface area (Å²) in [6, 6.07) is 0. The smallest absolute Gasteiger partial charge is 0.293 e. The Hall–Kier alpha value is -1.40. The minimum Gasteiger partial charge on any atom is -0.383 e. The van der Waals surface area contributed by atoms with E-state index in [4.69, 9.17) is 4.74 Å². The average molecular weight is 240 g/mol. The number of nitrogens with one attached hydrogen (secondary N) is 2. The van der Waals surface area contributed by atoms with E-state index in [-0.39, 0.29) is 5.56 Å². The number of anilines is 1. The molecule has 17 heavy (non-hydrogen) atoms. The molecule has 0 fully saturated rings. The minimum atomic E-state index is -0.0770. The maximum Gasteiger partial charge on any atom is 0.293 e. The zero-order valence-corrected chi connectivity index (χ0v) is 10.4. The molecule has 0 aliphatic heterocycles. The topological polar surface area (TPSA) is 68.2 Å². The molecule has 0 aliphatic rings. The molecule has 0 saturated carbocycles. The second-order valence-corrected chi connectivity index (χ2v) is 3.54. The lowest BCUT2D eigenvalue weighted by molar-refractivity contribution is 0.200. The Morgan fingerprint density at radius 1 is 1.41 bits per heavy atom. The molecule has 1 aromatic heterocycles. The van der Waals surface area contributed by atoms with Crippen LogP contribution in [0.1, 0.15) is 6.92 Å². The molecule has 0 radical (unpaired) electrons. The molecule has 0 aromatic carbocycles. The average Bonchev–Trinajstić information content (AvgIpc) is 2.35. The first-order valence-corrected chi connectivity index (χ1v) is 5.78. The van der Waals surface area contributed by atoms with Crippen LogP contribution in [0.5, 0.6) is 0 Å². The van der Waals surface area contributed by atoms with Crippen molar-refractivity contribution in [3.05, 3.63) is 22.7 Å². The molecule has 6 heteroatoms. The van der Waals surface area contributed by atoms with Crippen LogP contribution in [-0.4, -0.2) is 42.9 Å². The number of methoxy groups -OCH3 is 1. The van der Waals surface area contributed by atoms with Crippen LogP contribution in [0, 0.1) is 0 Å². The summed E-state index contributed by atoms with van der Waals surface area (Å²) in [4.78, 5) is 15.8. The molecule has 0 bridgehead atoms. The van der Waals surface area contributed by atoms with Gasteiger partial charge in [-0.15, -0.1) is 0 Å². The molecular formula is C11H20N4O2. The molecule has 0 saturated heterocycles. The molecule has 0 unspecified atom stereocenters. The summed E-state index contributed by atoms with van der Waals surface area (Å²) in [6.45, 7) is 5.51. The van der Waals surface area contributed by atoms with Crippen LogP contribution in [-0.2, 0) is 11.3 Å². The van der Waals surface area contributed by atoms with Gasteiger partial charge in [-0.3, -0.25) is 4.79 Å². The van der Waals surface area contributed by atoms with E-state index in [0.29, 0.717) is 25.5 Å². The van der Waals surface area contributed by atoms with E-state index < -0.39 is 0 Å². The van der Waals surface area contributed by atoms with Gasteiger partial charge in [0, 0.05) is 45.7 Å². The lowest BCUT2D eigenvalue weighted by Gasteiger charge is -2.08. The zero-order valence-electron chi connectivity index (χ0n) is 10.4. The van der Waals surface area contributed by atoms with Gasteiger partial charge in [-0.2, -0.15) is 0 Å². The molecular weight excluding hydrogens is 220 g/mol. The fourth-order valence-electron chi connectivity index (χ4n) is 1.39. The van der Waals surface area contributed by atoms with Crippen LogP contribution in [0.25, 0.3) is 0 Å². The molecule has 96 valence electrons. The highest BCUT2D eigenvalue weighted by Crippen LogP contribution is 1.91. The van der Waals surface area contributed by atoms with Crippen LogP contribution < -0.4 is 16.2 Å². The first-order chi connectivity index (χ1) is 8.29. The van der Waals surface area contributed by atoms with Crippen LogP contribution in [0.3, 0.4) is 0 Å². The van der Waals surface area contributed by atoms with Crippen LogP contribution in [0.2, 0.25) is 0 Å². The fraction of sp³-hybridized carbons (Fsp3) is 0.636. The number of rotatable bonds is 8. The Labute approximate surface area is 101 Å². The van der Waals surface area contributed by atoms with Crippen LogP contribution in [0.15, 0.2) is 17.2 Å². The van der Waals surface area contributed by atoms with Crippen molar-refractivity contribution in [1.82, 2.24) is 14.9 Å². The van der Waals surface area contributed by atoms with Gasteiger partial charge >= 0.3 is 0 Å². The quantitative estimate of drug-likeness (QED) is 0.622. The lowest BCUT2D eigenvalue weighted by Crippen LogP contribution is -2.29. The van der Waals surface area contributed by atoms with E-state index in [1.165, 1.54) is 0 Å². The van der Waals surface area contributed by atoms with Crippen LogP contribution in [0.4, 0.5) is 5.82 Å². The van der Waals surface area contributed by atoms with Crippen molar-refractivity contribution in [2.45, 2.75) is 13.5 Å². The van der Waals surface area contributed by atoms with Crippen molar-refractivity contribution in [2.75, 3.05) is 38.7 Å². The predicted octanol–water partition coefficient (Wildman–Crippen LogP) is -0.0889. The second kappa shape index (κ2) is 7.81. The van der Waals surface area contributed by atoms with Crippen molar-refractivity contribution in [3.8, 4) is 0 Å². The largest absolute Gasteiger partial charge is 0.383 e. The highest BCUT2D eigenvalue weighted by Gasteiger charge is 2.01. The number of aryl methyl sites for hydroxylation is 1. The second-order valence-electron chi connectivity index (χ2n) is 3.54. The first-order valence-electron chi connectivity index (χ1n) is 5.78. The Balaban J connectivity index is 2.34. The summed E-state index contributed by atoms with van der Waals surface area (Å²) in [5, 5.41) is 6.20. The van der Waals surface area contributed by atoms with Gasteiger partial charge in [-0.25, -0.2) is 4.98 Å². The van der Waals surface area contributed by atoms with Crippen LogP contribution >= 0.6 is 0 Å². The molecule has 0 spiro atoms. The Bertz CT molecular complexity index is 378. The Kier molecular flexibility index (Phi) is 6.27. The highest BCUT2D eigenvalue weighted by molar-refractivity contribution is 5.30. The summed E-state index contributed by atoms with van der Waals surface area (Å²) in [6.07, 6.45) is 3.32. The monoisotopic (exact) mass is 240 g/mol. The van der Waals surface area contributed by atoms with Gasteiger partial charge in [-0.1, -0.05) is 0 Å². The SMILES string of the molecule is CCn1ccnc(NCCNCCOC)c1=O. The Morgan fingerprint density at radius 2 is 2.24 bits per heavy atom. The molecule has 6 nitrogen and oxygen atoms in total. The van der Waals surface area contributed by atoms with Gasteiger partial charge in [0.25, 0.3) is 5.56 Å². The molecule has 2 N–H and O–H groups in total. The third-order valence-electron chi connectivity index (χ3n) is 2.33. The number of aromatic nitrogens is 2.